The summed E-state index contributed by atoms with van der Waals surface area (Å²) in [7, 11) is 0. The molecule has 0 aromatic carbocycles. The van der Waals surface area contributed by atoms with Crippen LogP contribution in [0.1, 0.15) is 6.42 Å². The predicted molar refractivity (Wildman–Crippen MR) is 37.8 cm³/mol. The van der Waals surface area contributed by atoms with Gasteiger partial charge >= 0.3 is 0 Å². The molecule has 0 saturated carbocycles. The average Bonchev–Trinajstić information content (AvgIpc) is 1.85. The number of rotatable bonds is 1. The smallest absolute Gasteiger partial charge is 0.257 e. The molecule has 1 aliphatic rings. The molecule has 0 radical (unpaired) electrons. The van der Waals surface area contributed by atoms with Crippen molar-refractivity contribution in [2.45, 2.75) is 17.9 Å². The van der Waals surface area contributed by atoms with Gasteiger partial charge in [0.05, 0.1) is 5.92 Å². The summed E-state index contributed by atoms with van der Waals surface area (Å²) in [5.74, 6) is -3.98. The third kappa shape index (κ3) is 2.01. The van der Waals surface area contributed by atoms with E-state index in [2.05, 4.69) is 5.32 Å². The van der Waals surface area contributed by atoms with Crippen LogP contribution in [0.25, 0.3) is 0 Å². The van der Waals surface area contributed by atoms with Gasteiger partial charge in [-0.1, -0.05) is 11.6 Å². The Labute approximate surface area is 68.5 Å². The summed E-state index contributed by atoms with van der Waals surface area (Å²) in [5.41, 5.74) is -1.46. The zero-order valence-electron chi connectivity index (χ0n) is 5.86. The lowest BCUT2D eigenvalue weighted by Crippen LogP contribution is -2.48. The van der Waals surface area contributed by atoms with Crippen LogP contribution in [0.4, 0.5) is 8.78 Å². The Hall–Kier alpha value is 0.0700. The van der Waals surface area contributed by atoms with Crippen molar-refractivity contribution in [1.82, 2.24) is 5.32 Å². The summed E-state index contributed by atoms with van der Waals surface area (Å²) in [4.78, 5) is 0. The SMILES string of the molecule is OC(Cl)C1CNCCC1(F)F. The lowest BCUT2D eigenvalue weighted by Gasteiger charge is -2.32. The lowest BCUT2D eigenvalue weighted by atomic mass is 9.96. The molecule has 1 heterocycles. The largest absolute Gasteiger partial charge is 0.377 e. The second kappa shape index (κ2) is 3.21. The van der Waals surface area contributed by atoms with E-state index in [1.54, 1.807) is 0 Å². The van der Waals surface area contributed by atoms with Gasteiger partial charge in [0.15, 0.2) is 0 Å². The van der Waals surface area contributed by atoms with Crippen molar-refractivity contribution in [2.75, 3.05) is 13.1 Å². The van der Waals surface area contributed by atoms with Crippen LogP contribution in [0.3, 0.4) is 0 Å². The Kier molecular flexibility index (Phi) is 2.67. The monoisotopic (exact) mass is 185 g/mol. The van der Waals surface area contributed by atoms with Crippen LogP contribution in [-0.2, 0) is 0 Å². The molecule has 2 nitrogen and oxygen atoms in total. The zero-order chi connectivity index (χ0) is 8.48. The molecule has 0 aromatic heterocycles. The number of alkyl halides is 3. The Morgan fingerprint density at radius 3 is 2.64 bits per heavy atom. The molecule has 0 spiro atoms. The number of aliphatic hydroxyl groups is 1. The number of nitrogens with one attached hydrogen (secondary N) is 1. The van der Waals surface area contributed by atoms with Gasteiger partial charge in [0.25, 0.3) is 5.92 Å². The molecule has 1 aliphatic heterocycles. The Balaban J connectivity index is 2.60. The van der Waals surface area contributed by atoms with Crippen molar-refractivity contribution in [3.05, 3.63) is 0 Å². The summed E-state index contributed by atoms with van der Waals surface area (Å²) < 4.78 is 25.7. The maximum atomic E-state index is 12.8. The predicted octanol–water partition coefficient (Wildman–Crippen LogP) is 0.788. The molecule has 2 unspecified atom stereocenters. The van der Waals surface area contributed by atoms with E-state index in [9.17, 15) is 8.78 Å². The van der Waals surface area contributed by atoms with Gasteiger partial charge in [-0.3, -0.25) is 0 Å². The highest BCUT2D eigenvalue weighted by Crippen LogP contribution is 2.33. The standard InChI is InChI=1S/C6H10ClF2NO/c7-5(11)4-3-10-2-1-6(4,8)9/h4-5,10-11H,1-3H2. The molecule has 0 aromatic rings. The van der Waals surface area contributed by atoms with E-state index in [0.29, 0.717) is 0 Å². The molecule has 1 saturated heterocycles. The van der Waals surface area contributed by atoms with E-state index >= 15 is 0 Å². The molecule has 1 fully saturated rings. The molecule has 2 N–H and O–H groups in total. The van der Waals surface area contributed by atoms with Crippen LogP contribution in [0.5, 0.6) is 0 Å². The van der Waals surface area contributed by atoms with Gasteiger partial charge < -0.3 is 10.4 Å². The summed E-state index contributed by atoms with van der Waals surface area (Å²) in [6.07, 6.45) is -0.249. The van der Waals surface area contributed by atoms with Gasteiger partial charge in [-0.25, -0.2) is 8.78 Å². The van der Waals surface area contributed by atoms with E-state index in [-0.39, 0.29) is 19.5 Å². The number of hydrogen-bond donors (Lipinski definition) is 2. The minimum absolute atomic E-state index is 0.0810. The highest BCUT2D eigenvalue weighted by Gasteiger charge is 2.44. The van der Waals surface area contributed by atoms with Gasteiger partial charge in [-0.2, -0.15) is 0 Å². The highest BCUT2D eigenvalue weighted by molar-refractivity contribution is 6.19. The minimum atomic E-state index is -2.83. The molecule has 5 heteroatoms. The van der Waals surface area contributed by atoms with Crippen molar-refractivity contribution < 1.29 is 13.9 Å². The Morgan fingerprint density at radius 2 is 2.27 bits per heavy atom. The number of aliphatic hydroxyl groups excluding tert-OH is 1. The van der Waals surface area contributed by atoms with Crippen LogP contribution in [0, 0.1) is 5.92 Å². The maximum Gasteiger partial charge on any atom is 0.257 e. The molecular formula is C6H10ClF2NO. The van der Waals surface area contributed by atoms with Crippen molar-refractivity contribution >= 4 is 11.6 Å². The number of hydrogen-bond acceptors (Lipinski definition) is 2. The first kappa shape index (κ1) is 9.16. The van der Waals surface area contributed by atoms with Gasteiger partial charge in [0.1, 0.15) is 5.56 Å². The average molecular weight is 186 g/mol. The van der Waals surface area contributed by atoms with Crippen LogP contribution in [-0.4, -0.2) is 29.7 Å². The first-order valence-electron chi connectivity index (χ1n) is 3.45. The minimum Gasteiger partial charge on any atom is -0.377 e. The molecule has 0 amide bonds. The quantitative estimate of drug-likeness (QED) is 0.592. The second-order valence-electron chi connectivity index (χ2n) is 2.69. The first-order chi connectivity index (χ1) is 5.04. The molecule has 66 valence electrons. The molecular weight excluding hydrogens is 176 g/mol. The molecule has 11 heavy (non-hydrogen) atoms. The zero-order valence-corrected chi connectivity index (χ0v) is 6.61. The van der Waals surface area contributed by atoms with Crippen LogP contribution >= 0.6 is 11.6 Å². The summed E-state index contributed by atoms with van der Waals surface area (Å²) in [6.45, 7) is 0.366. The Morgan fingerprint density at radius 1 is 1.64 bits per heavy atom. The van der Waals surface area contributed by atoms with Crippen molar-refractivity contribution in [3.63, 3.8) is 0 Å². The van der Waals surface area contributed by atoms with Gasteiger partial charge in [-0.05, 0) is 0 Å². The first-order valence-corrected chi connectivity index (χ1v) is 3.88. The normalized spacial score (nSPS) is 33.3. The summed E-state index contributed by atoms with van der Waals surface area (Å²) in [5, 5.41) is 11.5. The fourth-order valence-electron chi connectivity index (χ4n) is 1.15. The van der Waals surface area contributed by atoms with Crippen LogP contribution in [0.2, 0.25) is 0 Å². The summed E-state index contributed by atoms with van der Waals surface area (Å²) >= 11 is 5.18. The third-order valence-corrected chi connectivity index (χ3v) is 2.18. The molecule has 0 aliphatic carbocycles. The van der Waals surface area contributed by atoms with Gasteiger partial charge in [-0.15, -0.1) is 0 Å². The van der Waals surface area contributed by atoms with Gasteiger partial charge in [0, 0.05) is 19.5 Å². The van der Waals surface area contributed by atoms with E-state index in [1.807, 2.05) is 0 Å². The fraction of sp³-hybridized carbons (Fsp3) is 1.00. The number of halogens is 3. The third-order valence-electron chi connectivity index (χ3n) is 1.87. The van der Waals surface area contributed by atoms with Crippen molar-refractivity contribution in [2.24, 2.45) is 5.92 Å². The molecule has 2 atom stereocenters. The summed E-state index contributed by atoms with van der Waals surface area (Å²) in [6, 6.07) is 0. The topological polar surface area (TPSA) is 32.3 Å². The maximum absolute atomic E-state index is 12.8. The fourth-order valence-corrected chi connectivity index (χ4v) is 1.42. The van der Waals surface area contributed by atoms with E-state index in [0.717, 1.165) is 0 Å². The van der Waals surface area contributed by atoms with Crippen LogP contribution in [0.15, 0.2) is 0 Å². The Bertz CT molecular complexity index is 143. The highest BCUT2D eigenvalue weighted by atomic mass is 35.5. The number of piperidine rings is 1. The van der Waals surface area contributed by atoms with Crippen molar-refractivity contribution in [3.8, 4) is 0 Å². The lowest BCUT2D eigenvalue weighted by molar-refractivity contribution is -0.102. The van der Waals surface area contributed by atoms with Crippen molar-refractivity contribution in [1.29, 1.82) is 0 Å². The molecule has 1 rings (SSSR count). The van der Waals surface area contributed by atoms with Crippen LogP contribution < -0.4 is 5.32 Å². The van der Waals surface area contributed by atoms with Gasteiger partial charge in [0.2, 0.25) is 0 Å². The molecule has 0 bridgehead atoms. The van der Waals surface area contributed by atoms with E-state index in [1.165, 1.54) is 0 Å². The second-order valence-corrected chi connectivity index (χ2v) is 3.14. The van der Waals surface area contributed by atoms with E-state index in [4.69, 9.17) is 16.7 Å². The van der Waals surface area contributed by atoms with E-state index < -0.39 is 17.4 Å².